The predicted octanol–water partition coefficient (Wildman–Crippen LogP) is 5.27. The van der Waals surface area contributed by atoms with Crippen molar-refractivity contribution in [1.29, 1.82) is 0 Å². The van der Waals surface area contributed by atoms with Gasteiger partial charge in [-0.1, -0.05) is 55.8 Å². The van der Waals surface area contributed by atoms with Crippen molar-refractivity contribution in [3.63, 3.8) is 0 Å². The van der Waals surface area contributed by atoms with Crippen molar-refractivity contribution in [3.05, 3.63) is 71.3 Å². The molecule has 0 amide bonds. The summed E-state index contributed by atoms with van der Waals surface area (Å²) in [4.78, 5) is 0. The van der Waals surface area contributed by atoms with Gasteiger partial charge in [0.2, 0.25) is 10.0 Å². The average molecular weight is 397 g/mol. The fourth-order valence-corrected chi connectivity index (χ4v) is 3.58. The minimum absolute atomic E-state index is 0.259. The van der Waals surface area contributed by atoms with E-state index in [9.17, 15) is 21.6 Å². The van der Waals surface area contributed by atoms with Crippen molar-refractivity contribution in [2.75, 3.05) is 12.8 Å². The molecule has 0 aliphatic carbocycles. The van der Waals surface area contributed by atoms with Crippen molar-refractivity contribution in [1.82, 2.24) is 4.31 Å². The van der Waals surface area contributed by atoms with Gasteiger partial charge in [-0.25, -0.2) is 8.42 Å². The Morgan fingerprint density at radius 1 is 1.04 bits per heavy atom. The first-order valence-electron chi connectivity index (χ1n) is 8.55. The summed E-state index contributed by atoms with van der Waals surface area (Å²) in [6.07, 6.45) is -0.233. The average Bonchev–Trinajstić information content (AvgIpc) is 2.60. The summed E-state index contributed by atoms with van der Waals surface area (Å²) in [5, 5.41) is 0. The minimum atomic E-state index is -4.44. The summed E-state index contributed by atoms with van der Waals surface area (Å²) in [5.74, 6) is 0. The van der Waals surface area contributed by atoms with Crippen molar-refractivity contribution >= 4 is 21.8 Å². The second-order valence-electron chi connectivity index (χ2n) is 6.20. The summed E-state index contributed by atoms with van der Waals surface area (Å²) < 4.78 is 64.6. The summed E-state index contributed by atoms with van der Waals surface area (Å²) in [6.45, 7) is 2.20. The standard InChI is InChI=1S/C20H22F3NO2S/c1-3-4-14-24(27(2,25)26)19(15-16-8-6-5-7-9-16)17-10-12-18(13-11-17)20(21,22)23/h5-13,15H,3-4,14H2,1-2H3/b19-15+. The van der Waals surface area contributed by atoms with E-state index < -0.39 is 21.8 Å². The van der Waals surface area contributed by atoms with Gasteiger partial charge >= 0.3 is 6.18 Å². The second kappa shape index (κ2) is 8.61. The van der Waals surface area contributed by atoms with Crippen LogP contribution in [0.1, 0.15) is 36.5 Å². The normalized spacial score (nSPS) is 12.9. The zero-order valence-corrected chi connectivity index (χ0v) is 16.0. The molecule has 7 heteroatoms. The molecule has 0 saturated carbocycles. The largest absolute Gasteiger partial charge is 0.416 e. The molecule has 0 heterocycles. The van der Waals surface area contributed by atoms with E-state index in [0.29, 0.717) is 17.7 Å². The highest BCUT2D eigenvalue weighted by Crippen LogP contribution is 2.32. The fourth-order valence-electron chi connectivity index (χ4n) is 2.60. The number of unbranched alkanes of at least 4 members (excludes halogenated alkanes) is 1. The third-order valence-electron chi connectivity index (χ3n) is 3.99. The molecule has 0 atom stereocenters. The Balaban J connectivity index is 2.57. The van der Waals surface area contributed by atoms with Crippen molar-refractivity contribution in [2.24, 2.45) is 0 Å². The van der Waals surface area contributed by atoms with Gasteiger partial charge < -0.3 is 0 Å². The van der Waals surface area contributed by atoms with E-state index in [4.69, 9.17) is 0 Å². The molecule has 0 N–H and O–H groups in total. The van der Waals surface area contributed by atoms with Gasteiger partial charge in [-0.2, -0.15) is 13.2 Å². The van der Waals surface area contributed by atoms with Crippen LogP contribution >= 0.6 is 0 Å². The van der Waals surface area contributed by atoms with Gasteiger partial charge in [0.15, 0.2) is 0 Å². The third-order valence-corrected chi connectivity index (χ3v) is 5.17. The number of halogens is 3. The van der Waals surface area contributed by atoms with Gasteiger partial charge in [0, 0.05) is 6.54 Å². The number of alkyl halides is 3. The van der Waals surface area contributed by atoms with Crippen LogP contribution < -0.4 is 0 Å². The molecule has 0 radical (unpaired) electrons. The number of rotatable bonds is 7. The Kier molecular flexibility index (Phi) is 6.70. The van der Waals surface area contributed by atoms with Gasteiger partial charge in [0.25, 0.3) is 0 Å². The molecule has 3 nitrogen and oxygen atoms in total. The molecule has 2 aromatic carbocycles. The SMILES string of the molecule is CCCCN(/C(=C/c1ccccc1)c1ccc(C(F)(F)F)cc1)S(C)(=O)=O. The fraction of sp³-hybridized carbons (Fsp3) is 0.300. The van der Waals surface area contributed by atoms with Gasteiger partial charge in [0.05, 0.1) is 17.5 Å². The topological polar surface area (TPSA) is 37.4 Å². The summed E-state index contributed by atoms with van der Waals surface area (Å²) in [5.41, 5.74) is 0.751. The maximum absolute atomic E-state index is 12.9. The first-order chi connectivity index (χ1) is 12.6. The van der Waals surface area contributed by atoms with Crippen LogP contribution in [-0.2, 0) is 16.2 Å². The molecular weight excluding hydrogens is 375 g/mol. The van der Waals surface area contributed by atoms with Crippen molar-refractivity contribution < 1.29 is 21.6 Å². The van der Waals surface area contributed by atoms with Gasteiger partial charge in [0.1, 0.15) is 0 Å². The van der Waals surface area contributed by atoms with E-state index in [1.165, 1.54) is 16.4 Å². The van der Waals surface area contributed by atoms with E-state index in [-0.39, 0.29) is 6.54 Å². The van der Waals surface area contributed by atoms with E-state index in [1.807, 2.05) is 37.3 Å². The molecule has 0 aliphatic rings. The molecule has 0 unspecified atom stereocenters. The highest BCUT2D eigenvalue weighted by Gasteiger charge is 2.30. The molecule has 0 spiro atoms. The lowest BCUT2D eigenvalue weighted by Gasteiger charge is -2.26. The van der Waals surface area contributed by atoms with Crippen LogP contribution in [-0.4, -0.2) is 25.5 Å². The summed E-state index contributed by atoms with van der Waals surface area (Å²) >= 11 is 0. The Morgan fingerprint density at radius 2 is 1.63 bits per heavy atom. The monoisotopic (exact) mass is 397 g/mol. The van der Waals surface area contributed by atoms with Crippen LogP contribution in [0.4, 0.5) is 13.2 Å². The lowest BCUT2D eigenvalue weighted by molar-refractivity contribution is -0.137. The molecule has 0 aromatic heterocycles. The summed E-state index contributed by atoms with van der Waals surface area (Å²) in [7, 11) is -3.60. The predicted molar refractivity (Wildman–Crippen MR) is 102 cm³/mol. The molecule has 146 valence electrons. The zero-order chi connectivity index (χ0) is 20.1. The number of hydrogen-bond acceptors (Lipinski definition) is 2. The number of benzene rings is 2. The molecule has 27 heavy (non-hydrogen) atoms. The van der Waals surface area contributed by atoms with Crippen LogP contribution in [0, 0.1) is 0 Å². The van der Waals surface area contributed by atoms with Gasteiger partial charge in [-0.15, -0.1) is 0 Å². The number of nitrogens with zero attached hydrogens (tertiary/aromatic N) is 1. The Morgan fingerprint density at radius 3 is 2.11 bits per heavy atom. The van der Waals surface area contributed by atoms with Crippen LogP contribution in [0.3, 0.4) is 0 Å². The summed E-state index contributed by atoms with van der Waals surface area (Å²) in [6, 6.07) is 13.6. The van der Waals surface area contributed by atoms with Crippen molar-refractivity contribution in [2.45, 2.75) is 25.9 Å². The lowest BCUT2D eigenvalue weighted by Crippen LogP contribution is -2.29. The number of hydrogen-bond donors (Lipinski definition) is 0. The zero-order valence-electron chi connectivity index (χ0n) is 15.2. The highest BCUT2D eigenvalue weighted by molar-refractivity contribution is 7.88. The lowest BCUT2D eigenvalue weighted by atomic mass is 10.1. The second-order valence-corrected chi connectivity index (χ2v) is 8.11. The Labute approximate surface area is 158 Å². The van der Waals surface area contributed by atoms with E-state index in [0.717, 1.165) is 30.4 Å². The van der Waals surface area contributed by atoms with Crippen molar-refractivity contribution in [3.8, 4) is 0 Å². The molecule has 0 bridgehead atoms. The molecule has 2 rings (SSSR count). The van der Waals surface area contributed by atoms with Crippen LogP contribution in [0.25, 0.3) is 11.8 Å². The van der Waals surface area contributed by atoms with Crippen LogP contribution in [0.5, 0.6) is 0 Å². The van der Waals surface area contributed by atoms with Gasteiger partial charge in [-0.05, 0) is 35.8 Å². The van der Waals surface area contributed by atoms with E-state index >= 15 is 0 Å². The van der Waals surface area contributed by atoms with Crippen LogP contribution in [0.2, 0.25) is 0 Å². The maximum atomic E-state index is 12.9. The molecule has 0 saturated heterocycles. The maximum Gasteiger partial charge on any atom is 0.416 e. The number of sulfonamides is 1. The smallest absolute Gasteiger partial charge is 0.270 e. The van der Waals surface area contributed by atoms with E-state index in [1.54, 1.807) is 6.08 Å². The molecule has 0 fully saturated rings. The Bertz CT molecular complexity index is 874. The Hall–Kier alpha value is -2.28. The van der Waals surface area contributed by atoms with Crippen LogP contribution in [0.15, 0.2) is 54.6 Å². The molecule has 0 aliphatic heterocycles. The molecule has 2 aromatic rings. The van der Waals surface area contributed by atoms with Gasteiger partial charge in [-0.3, -0.25) is 4.31 Å². The first-order valence-corrected chi connectivity index (χ1v) is 10.4. The third kappa shape index (κ3) is 5.85. The highest BCUT2D eigenvalue weighted by atomic mass is 32.2. The van der Waals surface area contributed by atoms with E-state index in [2.05, 4.69) is 0 Å². The quantitative estimate of drug-likeness (QED) is 0.597. The minimum Gasteiger partial charge on any atom is -0.270 e. The first kappa shape index (κ1) is 21.0. The molecular formula is C20H22F3NO2S.